The minimum absolute atomic E-state index is 0.00232. The van der Waals surface area contributed by atoms with Gasteiger partial charge in [0.05, 0.1) is 30.8 Å². The Bertz CT molecular complexity index is 4550. The summed E-state index contributed by atoms with van der Waals surface area (Å²) >= 11 is 0. The summed E-state index contributed by atoms with van der Waals surface area (Å²) < 4.78 is 6.02. The van der Waals surface area contributed by atoms with Crippen LogP contribution in [0.5, 0.6) is 5.75 Å². The number of amides is 12. The van der Waals surface area contributed by atoms with Crippen LogP contribution < -0.4 is 70.2 Å². The zero-order chi connectivity index (χ0) is 90.9. The maximum atomic E-state index is 14.8. The number of nitrogens with zero attached hydrogens (tertiary/aromatic N) is 2. The van der Waals surface area contributed by atoms with Gasteiger partial charge in [-0.3, -0.25) is 68.4 Å². The summed E-state index contributed by atoms with van der Waals surface area (Å²) in [6, 6.07) is 6.42. The number of rotatable bonds is 45. The number of primary amides is 1. The van der Waals surface area contributed by atoms with Gasteiger partial charge in [0.25, 0.3) is 5.91 Å². The van der Waals surface area contributed by atoms with Crippen LogP contribution in [0.4, 0.5) is 4.79 Å². The first-order valence-electron chi connectivity index (χ1n) is 43.1. The number of aromatic nitrogens is 3. The van der Waals surface area contributed by atoms with E-state index in [0.717, 1.165) is 24.2 Å². The third-order valence-corrected chi connectivity index (χ3v) is 22.2. The number of urea groups is 1. The van der Waals surface area contributed by atoms with Crippen molar-refractivity contribution in [1.82, 2.24) is 78.6 Å². The number of aromatic amines is 2. The molecule has 0 spiro atoms. The number of ketones is 2. The van der Waals surface area contributed by atoms with E-state index in [4.69, 9.17) is 21.6 Å². The van der Waals surface area contributed by atoms with E-state index >= 15 is 0 Å². The number of carbonyl (C=O) groups excluding carboxylic acids is 13. The summed E-state index contributed by atoms with van der Waals surface area (Å²) in [6.45, 7) is 20.7. The number of fused-ring (bicyclic) bond motifs is 2. The number of hydrazine groups is 1. The molecule has 124 heavy (non-hydrogen) atoms. The van der Waals surface area contributed by atoms with E-state index in [0.29, 0.717) is 62.8 Å². The molecule has 3 aromatic carbocycles. The number of imidazole rings is 1. The number of benzene rings is 3. The maximum absolute atomic E-state index is 14.8. The van der Waals surface area contributed by atoms with Crippen LogP contribution in [-0.2, 0) is 71.9 Å². The Morgan fingerprint density at radius 3 is 1.81 bits per heavy atom. The molecule has 0 saturated carbocycles. The summed E-state index contributed by atoms with van der Waals surface area (Å²) in [4.78, 5) is 188. The minimum atomic E-state index is -1.80. The van der Waals surface area contributed by atoms with Crippen LogP contribution >= 0.6 is 0 Å². The van der Waals surface area contributed by atoms with Crippen LogP contribution in [-0.4, -0.2) is 199 Å². The minimum Gasteiger partial charge on any atom is -0.508 e. The van der Waals surface area contributed by atoms with Crippen LogP contribution in [0.2, 0.25) is 0 Å². The zero-order valence-corrected chi connectivity index (χ0v) is 73.4. The predicted molar refractivity (Wildman–Crippen MR) is 469 cm³/mol. The highest BCUT2D eigenvalue weighted by molar-refractivity contribution is 6.26. The van der Waals surface area contributed by atoms with E-state index in [1.165, 1.54) is 98.6 Å². The van der Waals surface area contributed by atoms with Gasteiger partial charge in [-0.15, -0.1) is 0 Å². The summed E-state index contributed by atoms with van der Waals surface area (Å²) in [5, 5.41) is 52.9. The van der Waals surface area contributed by atoms with Gasteiger partial charge in [-0.05, 0) is 145 Å². The molecule has 2 saturated heterocycles. The second kappa shape index (κ2) is 48.9. The lowest BCUT2D eigenvalue weighted by molar-refractivity contribution is -0.142. The van der Waals surface area contributed by atoms with Crippen molar-refractivity contribution in [2.24, 2.45) is 35.1 Å². The van der Waals surface area contributed by atoms with Crippen LogP contribution in [0.25, 0.3) is 10.9 Å². The highest BCUT2D eigenvalue weighted by Gasteiger charge is 2.41. The molecule has 8 rings (SSSR count). The van der Waals surface area contributed by atoms with E-state index in [9.17, 15) is 72.5 Å². The first-order valence-corrected chi connectivity index (χ1v) is 43.1. The molecule has 676 valence electrons. The van der Waals surface area contributed by atoms with Gasteiger partial charge >= 0.3 is 6.03 Å². The Morgan fingerprint density at radius 2 is 1.21 bits per heavy atom. The fourth-order valence-corrected chi connectivity index (χ4v) is 15.1. The molecule has 0 radical (unpaired) electrons. The molecule has 12 amide bonds. The Kier molecular flexibility index (Phi) is 39.1. The normalized spacial score (nSPS) is 16.8. The standard InChI is InChI=1S/C59H84N18O14.C31H46O2/c1-31(2)22-40(49(82)68-39(12-8-20-64-57(60)61)56(89)77-21-9-13-46(77)55(88)75-76-58(62)90)69-54(87)45(29-91-59(3,4)5)74-50(83)41(23-32-14-16-35(79)17-15-32)70-53(86)44(28-78)73-51(84)42(24-33-26-65-37-11-7-6-10-36(33)37)71-52(85)43(25-34-27-63-30-66-34)72-48(81)38-18-19-47(80)67-38;1-22(2)12-9-13-23(3)14-10-15-24(4)16-11-17-25(5)20-21-27-26(6)30(32)28-18-7-8-19-29(28)31(27)33/h6-7,10-11,14-17,26-27,30-31,38-46,65,78-79H,8-9,12-13,18-25,28-29H2,1-5H3,(H,63,66)(H,67,80)(H,68,82)(H,69,87)(H,70,86)(H,71,85)(H,72,81)(H,73,84)(H,74,83)(H,75,88)(H4,60,61,64)(H3,62,76,90);7-8,18-20,22-24H,9-17,21H2,1-6H3/b;25-20+/t38-,39-,40-,41-,42-,43-,44-,45+,46-;23-,24-/m01/s1. The number of Topliss-reactive ketones (excluding diaryl/α,β-unsaturated/α-hetero) is 2. The number of ether oxygens (including phenoxy) is 1. The number of aliphatic hydroxyl groups excluding tert-OH is 1. The average Bonchev–Trinajstić information content (AvgIpc) is 0.825. The van der Waals surface area contributed by atoms with Gasteiger partial charge < -0.3 is 89.1 Å². The van der Waals surface area contributed by atoms with Crippen molar-refractivity contribution in [3.63, 3.8) is 0 Å². The number of nitrogens with one attached hydrogen (secondary N) is 14. The lowest BCUT2D eigenvalue weighted by Gasteiger charge is -2.31. The maximum Gasteiger partial charge on any atom is 0.330 e. The summed E-state index contributed by atoms with van der Waals surface area (Å²) in [7, 11) is 0. The predicted octanol–water partition coefficient (Wildman–Crippen LogP) is 6.26. The van der Waals surface area contributed by atoms with E-state index in [-0.39, 0.29) is 106 Å². The van der Waals surface area contributed by atoms with E-state index < -0.39 is 132 Å². The highest BCUT2D eigenvalue weighted by atomic mass is 16.5. The van der Waals surface area contributed by atoms with Crippen molar-refractivity contribution in [3.05, 3.63) is 142 Å². The Hall–Kier alpha value is -11.8. The number of phenols is 1. The Labute approximate surface area is 725 Å². The van der Waals surface area contributed by atoms with Gasteiger partial charge in [0, 0.05) is 84.3 Å². The number of phenolic OH excluding ortho intramolecular Hbond substituents is 1. The second-order valence-electron chi connectivity index (χ2n) is 34.6. The third kappa shape index (κ3) is 32.1. The third-order valence-electron chi connectivity index (χ3n) is 22.2. The molecular formula is C90H130N18O16. The lowest BCUT2D eigenvalue weighted by Crippen LogP contribution is -2.62. The quantitative estimate of drug-likeness (QED) is 0.00672. The number of H-pyrrole nitrogens is 2. The van der Waals surface area contributed by atoms with Crippen molar-refractivity contribution in [2.75, 3.05) is 26.3 Å². The molecule has 2 aromatic heterocycles. The van der Waals surface area contributed by atoms with Gasteiger partial charge in [0.2, 0.25) is 53.2 Å². The number of aliphatic hydroxyl groups is 1. The molecule has 2 fully saturated rings. The number of nitrogens with two attached hydrogens (primary N) is 2. The largest absolute Gasteiger partial charge is 0.508 e. The zero-order valence-electron chi connectivity index (χ0n) is 73.4. The van der Waals surface area contributed by atoms with Crippen LogP contribution in [0, 0.1) is 29.1 Å². The lowest BCUT2D eigenvalue weighted by atomic mass is 9.83. The molecule has 0 bridgehead atoms. The molecule has 34 nitrogen and oxygen atoms in total. The van der Waals surface area contributed by atoms with E-state index in [1.807, 2.05) is 17.6 Å². The number of allylic oxidation sites excluding steroid dienone is 4. The van der Waals surface area contributed by atoms with Gasteiger partial charge in [-0.1, -0.05) is 153 Å². The van der Waals surface area contributed by atoms with Crippen molar-refractivity contribution >= 4 is 93.5 Å². The van der Waals surface area contributed by atoms with Gasteiger partial charge in [-0.25, -0.2) is 15.2 Å². The molecule has 11 atom stereocenters. The first-order chi connectivity index (χ1) is 58.9. The summed E-state index contributed by atoms with van der Waals surface area (Å²) in [6.07, 6.45) is 19.4. The summed E-state index contributed by atoms with van der Waals surface area (Å²) in [5.41, 5.74) is 19.6. The van der Waals surface area contributed by atoms with Crippen LogP contribution in [0.1, 0.15) is 223 Å². The Morgan fingerprint density at radius 1 is 0.637 bits per heavy atom. The number of para-hydroxylation sites is 1. The molecule has 4 heterocycles. The summed E-state index contributed by atoms with van der Waals surface area (Å²) in [5.74, 6) is -6.26. The van der Waals surface area contributed by atoms with Crippen LogP contribution in [0.15, 0.2) is 114 Å². The molecule has 3 aliphatic rings. The topological polar surface area (TPSA) is 528 Å². The number of likely N-dealkylation sites (tertiary alicyclic amines) is 1. The fourth-order valence-electron chi connectivity index (χ4n) is 15.1. The SMILES string of the molecule is CC(C)C[C@H](NC(=O)[C@@H](COC(C)(C)C)NC(=O)[C@H](Cc1ccc(O)cc1)NC(=O)[C@H](CO)NC(=O)[C@H](Cc1c[nH]c2ccccc12)NC(=O)[C@H](Cc1c[nH]cn1)NC(=O)[C@@H]1CCC(=O)N1)C(=O)N[C@@H](CCCNC(=N)N)C(=O)N1CCC[C@H]1C(=O)NNC(N)=O.CC1=C(C/C=C(\C)CCC[C@H](C)CCC[C@H](C)CCCC(C)C)C(=O)c2ccccc2C1=O. The smallest absolute Gasteiger partial charge is 0.330 e. The van der Waals surface area contributed by atoms with E-state index in [1.54, 1.807) is 84.1 Å². The highest BCUT2D eigenvalue weighted by Crippen LogP contribution is 2.30. The molecule has 20 N–H and O–H groups in total. The van der Waals surface area contributed by atoms with E-state index in [2.05, 4.69) is 109 Å². The van der Waals surface area contributed by atoms with Crippen molar-refractivity contribution < 1.29 is 77.3 Å². The number of hydrogen-bond acceptors (Lipinski definition) is 18. The average molecular weight is 1720 g/mol. The second-order valence-corrected chi connectivity index (χ2v) is 34.6. The first kappa shape index (κ1) is 99.3. The number of carbonyl (C=O) groups is 13. The fraction of sp³-hybridized carbons (Fsp3) is 0.544. The van der Waals surface area contributed by atoms with Crippen molar-refractivity contribution in [2.45, 2.75) is 265 Å². The Balaban J connectivity index is 0.000000533. The molecule has 2 aliphatic heterocycles. The van der Waals surface area contributed by atoms with Crippen molar-refractivity contribution in [1.29, 1.82) is 5.41 Å². The molecule has 0 unspecified atom stereocenters. The monoisotopic (exact) mass is 1720 g/mol. The van der Waals surface area contributed by atoms with Crippen molar-refractivity contribution in [3.8, 4) is 5.75 Å². The molecule has 5 aromatic rings. The molecule has 34 heteroatoms. The number of aromatic hydroxyl groups is 1. The molecule has 1 aliphatic carbocycles. The number of guanidine groups is 1. The number of hydrogen-bond donors (Lipinski definition) is 18. The van der Waals surface area contributed by atoms with Gasteiger partial charge in [0.1, 0.15) is 60.1 Å². The van der Waals surface area contributed by atoms with Gasteiger partial charge in [0.15, 0.2) is 17.5 Å². The van der Waals surface area contributed by atoms with Crippen LogP contribution in [0.3, 0.4) is 0 Å². The molecular weight excluding hydrogens is 1590 g/mol. The van der Waals surface area contributed by atoms with Gasteiger partial charge in [-0.2, -0.15) is 0 Å².